The van der Waals surface area contributed by atoms with Crippen LogP contribution in [0.25, 0.3) is 0 Å². The van der Waals surface area contributed by atoms with Gasteiger partial charge in [-0.2, -0.15) is 0 Å². The summed E-state index contributed by atoms with van der Waals surface area (Å²) in [6.45, 7) is 0.226. The fourth-order valence-electron chi connectivity index (χ4n) is 4.83. The van der Waals surface area contributed by atoms with Gasteiger partial charge >= 0.3 is 18.0 Å². The van der Waals surface area contributed by atoms with Crippen molar-refractivity contribution in [2.75, 3.05) is 41.3 Å². The Morgan fingerprint density at radius 3 is 2.12 bits per heavy atom. The lowest BCUT2D eigenvalue weighted by atomic mass is 10.2. The number of carboxylic acid groups (broad SMARTS) is 1. The number of hydrogen-bond donors (Lipinski definition) is 2. The number of amides is 6. The van der Waals surface area contributed by atoms with Gasteiger partial charge in [-0.1, -0.05) is 36.4 Å². The molecule has 0 radical (unpaired) electrons. The second-order valence-corrected chi connectivity index (χ2v) is 9.42. The molecule has 204 valence electrons. The number of rotatable bonds is 7. The van der Waals surface area contributed by atoms with E-state index >= 15 is 0 Å². The van der Waals surface area contributed by atoms with E-state index in [9.17, 15) is 29.1 Å². The van der Waals surface area contributed by atoms with E-state index in [1.54, 1.807) is 59.5 Å². The van der Waals surface area contributed by atoms with Gasteiger partial charge in [0.1, 0.15) is 13.1 Å². The number of carbonyl (C=O) groups is 5. The number of urea groups is 2. The highest BCUT2D eigenvalue weighted by Crippen LogP contribution is 2.38. The molecule has 3 aromatic rings. The summed E-state index contributed by atoms with van der Waals surface area (Å²) in [5.41, 5.74) is 1.38. The number of para-hydroxylation sites is 3. The van der Waals surface area contributed by atoms with Crippen LogP contribution in [0.4, 0.5) is 32.3 Å². The molecule has 6 amide bonds. The average Bonchev–Trinajstić information content (AvgIpc) is 3.49. The predicted octanol–water partition coefficient (Wildman–Crippen LogP) is 4.15. The molecule has 0 unspecified atom stereocenters. The first kappa shape index (κ1) is 26.4. The fraction of sp³-hybridized carbons (Fsp3) is 0.207. The summed E-state index contributed by atoms with van der Waals surface area (Å²) < 4.78 is 0. The van der Waals surface area contributed by atoms with Crippen LogP contribution in [0.15, 0.2) is 78.9 Å². The van der Waals surface area contributed by atoms with E-state index in [1.807, 2.05) is 0 Å². The van der Waals surface area contributed by atoms with Gasteiger partial charge in [0.15, 0.2) is 0 Å². The SMILES string of the molecule is O=C(CN1C(=O)N(CC(=O)N2CCCC2)c2ccccc2N(c2ccccc2)C1=O)Nc1cccc(C(=O)O)c1. The van der Waals surface area contributed by atoms with Crippen LogP contribution >= 0.6 is 0 Å². The third-order valence-electron chi connectivity index (χ3n) is 6.76. The molecule has 2 aliphatic heterocycles. The standard InChI is InChI=1S/C29H27N5O6/c35-25(30-21-10-8-9-20(17-21)27(37)38)18-33-28(39)32(19-26(36)31-15-6-7-16-31)23-13-4-5-14-24(23)34(29(33)40)22-11-2-1-3-12-22/h1-5,8-14,17H,6-7,15-16,18-19H2,(H,30,35)(H,37,38). The van der Waals surface area contributed by atoms with Crippen LogP contribution in [0.3, 0.4) is 0 Å². The predicted molar refractivity (Wildman–Crippen MR) is 148 cm³/mol. The van der Waals surface area contributed by atoms with Crippen LogP contribution < -0.4 is 15.1 Å². The zero-order valence-electron chi connectivity index (χ0n) is 21.5. The third kappa shape index (κ3) is 5.35. The molecule has 5 rings (SSSR count). The number of carbonyl (C=O) groups excluding carboxylic acids is 4. The molecule has 2 heterocycles. The van der Waals surface area contributed by atoms with E-state index in [4.69, 9.17) is 0 Å². The lowest BCUT2D eigenvalue weighted by molar-refractivity contribution is -0.128. The summed E-state index contributed by atoms with van der Waals surface area (Å²) in [5.74, 6) is -2.13. The van der Waals surface area contributed by atoms with E-state index < -0.39 is 30.5 Å². The van der Waals surface area contributed by atoms with Crippen molar-refractivity contribution in [3.63, 3.8) is 0 Å². The van der Waals surface area contributed by atoms with Crippen molar-refractivity contribution in [3.05, 3.63) is 84.4 Å². The Morgan fingerprint density at radius 2 is 1.43 bits per heavy atom. The Kier molecular flexibility index (Phi) is 7.45. The smallest absolute Gasteiger partial charge is 0.337 e. The minimum absolute atomic E-state index is 0.0305. The van der Waals surface area contributed by atoms with Gasteiger partial charge in [0.05, 0.1) is 22.6 Å². The van der Waals surface area contributed by atoms with Crippen LogP contribution in [0.1, 0.15) is 23.2 Å². The lowest BCUT2D eigenvalue weighted by Gasteiger charge is -2.27. The molecule has 0 saturated carbocycles. The molecule has 0 atom stereocenters. The minimum atomic E-state index is -1.16. The quantitative estimate of drug-likeness (QED) is 0.462. The molecule has 0 aromatic heterocycles. The van der Waals surface area contributed by atoms with Crippen LogP contribution in [0, 0.1) is 0 Å². The van der Waals surface area contributed by atoms with E-state index in [1.165, 1.54) is 34.1 Å². The normalized spacial score (nSPS) is 15.1. The van der Waals surface area contributed by atoms with Gasteiger partial charge in [0.2, 0.25) is 11.8 Å². The molecule has 1 saturated heterocycles. The number of likely N-dealkylation sites (tertiary alicyclic amines) is 1. The Labute approximate surface area is 230 Å². The summed E-state index contributed by atoms with van der Waals surface area (Å²) in [5, 5.41) is 11.8. The molecule has 1 fully saturated rings. The van der Waals surface area contributed by atoms with Crippen LogP contribution in [0.2, 0.25) is 0 Å². The Hall–Kier alpha value is -5.19. The van der Waals surface area contributed by atoms with Gasteiger partial charge < -0.3 is 15.3 Å². The molecule has 2 aliphatic rings. The second-order valence-electron chi connectivity index (χ2n) is 9.42. The number of nitrogens with zero attached hydrogens (tertiary/aromatic N) is 4. The maximum absolute atomic E-state index is 14.0. The molecule has 40 heavy (non-hydrogen) atoms. The Bertz CT molecular complexity index is 1470. The van der Waals surface area contributed by atoms with Crippen molar-refractivity contribution >= 4 is 52.6 Å². The number of nitrogens with one attached hydrogen (secondary N) is 1. The van der Waals surface area contributed by atoms with Gasteiger partial charge in [-0.3, -0.25) is 19.4 Å². The van der Waals surface area contributed by atoms with Crippen LogP contribution in [-0.2, 0) is 9.59 Å². The summed E-state index contributed by atoms with van der Waals surface area (Å²) in [6.07, 6.45) is 1.76. The topological polar surface area (TPSA) is 131 Å². The molecule has 3 aromatic carbocycles. The van der Waals surface area contributed by atoms with Crippen molar-refractivity contribution in [1.82, 2.24) is 9.80 Å². The highest BCUT2D eigenvalue weighted by Gasteiger charge is 2.40. The molecule has 11 heteroatoms. The number of aromatic carboxylic acids is 1. The first-order valence-electron chi connectivity index (χ1n) is 12.8. The molecule has 0 aliphatic carbocycles. The largest absolute Gasteiger partial charge is 0.478 e. The molecule has 11 nitrogen and oxygen atoms in total. The van der Waals surface area contributed by atoms with E-state index in [2.05, 4.69) is 5.32 Å². The minimum Gasteiger partial charge on any atom is -0.478 e. The van der Waals surface area contributed by atoms with Crippen molar-refractivity contribution in [1.29, 1.82) is 0 Å². The zero-order valence-corrected chi connectivity index (χ0v) is 21.5. The first-order valence-corrected chi connectivity index (χ1v) is 12.8. The van der Waals surface area contributed by atoms with E-state index in [0.717, 1.165) is 17.7 Å². The third-order valence-corrected chi connectivity index (χ3v) is 6.76. The van der Waals surface area contributed by atoms with E-state index in [-0.39, 0.29) is 23.7 Å². The van der Waals surface area contributed by atoms with Crippen molar-refractivity contribution in [2.24, 2.45) is 0 Å². The highest BCUT2D eigenvalue weighted by molar-refractivity contribution is 6.18. The van der Waals surface area contributed by atoms with Gasteiger partial charge in [0, 0.05) is 18.8 Å². The fourth-order valence-corrected chi connectivity index (χ4v) is 4.83. The molecule has 0 bridgehead atoms. The lowest BCUT2D eigenvalue weighted by Crippen LogP contribution is -2.52. The number of hydrogen-bond acceptors (Lipinski definition) is 5. The van der Waals surface area contributed by atoms with Crippen molar-refractivity contribution in [3.8, 4) is 0 Å². The number of benzene rings is 3. The van der Waals surface area contributed by atoms with Gasteiger partial charge in [-0.25, -0.2) is 19.3 Å². The van der Waals surface area contributed by atoms with Crippen molar-refractivity contribution < 1.29 is 29.1 Å². The maximum Gasteiger partial charge on any atom is 0.337 e. The first-order chi connectivity index (χ1) is 19.3. The maximum atomic E-state index is 14.0. The molecule has 2 N–H and O–H groups in total. The molecule has 0 spiro atoms. The molecular weight excluding hydrogens is 514 g/mol. The highest BCUT2D eigenvalue weighted by atomic mass is 16.4. The zero-order chi connectivity index (χ0) is 28.2. The van der Waals surface area contributed by atoms with Crippen molar-refractivity contribution in [2.45, 2.75) is 12.8 Å². The number of carboxylic acids is 1. The average molecular weight is 542 g/mol. The summed E-state index contributed by atoms with van der Waals surface area (Å²) >= 11 is 0. The Morgan fingerprint density at radius 1 is 0.750 bits per heavy atom. The molecular formula is C29H27N5O6. The summed E-state index contributed by atoms with van der Waals surface area (Å²) in [7, 11) is 0. The van der Waals surface area contributed by atoms with E-state index in [0.29, 0.717) is 30.2 Å². The monoisotopic (exact) mass is 541 g/mol. The number of fused-ring (bicyclic) bond motifs is 1. The second kappa shape index (κ2) is 11.3. The van der Waals surface area contributed by atoms with Crippen LogP contribution in [0.5, 0.6) is 0 Å². The Balaban J connectivity index is 1.51. The van der Waals surface area contributed by atoms with Gasteiger partial charge in [0.25, 0.3) is 0 Å². The number of imide groups is 1. The summed E-state index contributed by atoms with van der Waals surface area (Å²) in [4.78, 5) is 70.6. The van der Waals surface area contributed by atoms with Gasteiger partial charge in [-0.15, -0.1) is 0 Å². The van der Waals surface area contributed by atoms with Gasteiger partial charge in [-0.05, 0) is 55.3 Å². The summed E-state index contributed by atoms with van der Waals surface area (Å²) in [6, 6.07) is 19.5. The van der Waals surface area contributed by atoms with Crippen LogP contribution in [-0.4, -0.2) is 70.9 Å². The number of anilines is 4.